The van der Waals surface area contributed by atoms with E-state index in [2.05, 4.69) is 41.4 Å². The zero-order valence-electron chi connectivity index (χ0n) is 22.0. The van der Waals surface area contributed by atoms with Gasteiger partial charge >= 0.3 is 0 Å². The summed E-state index contributed by atoms with van der Waals surface area (Å²) in [5.41, 5.74) is 4.23. The summed E-state index contributed by atoms with van der Waals surface area (Å²) >= 11 is 0. The van der Waals surface area contributed by atoms with Gasteiger partial charge in [0.25, 0.3) is 5.91 Å². The topological polar surface area (TPSA) is 63.9 Å². The minimum Gasteiger partial charge on any atom is -0.493 e. The quantitative estimate of drug-likeness (QED) is 0.253. The average molecular weight is 517 g/mol. The molecule has 6 nitrogen and oxygen atoms in total. The summed E-state index contributed by atoms with van der Waals surface area (Å²) in [6.07, 6.45) is 0.637. The van der Waals surface area contributed by atoms with Crippen LogP contribution in [0.4, 0.5) is 4.39 Å². The number of nitrogens with zero attached hydrogens (tertiary/aromatic N) is 1. The monoisotopic (exact) mass is 516 g/mol. The van der Waals surface area contributed by atoms with Crippen molar-refractivity contribution in [3.8, 4) is 11.5 Å². The first-order valence-corrected chi connectivity index (χ1v) is 12.5. The third-order valence-corrected chi connectivity index (χ3v) is 6.23. The van der Waals surface area contributed by atoms with Crippen LogP contribution in [0.15, 0.2) is 83.3 Å². The fraction of sp³-hybridized carbons (Fsp3) is 0.258. The maximum absolute atomic E-state index is 13.8. The molecular weight excluding hydrogens is 483 g/mol. The van der Waals surface area contributed by atoms with Gasteiger partial charge in [-0.15, -0.1) is 0 Å². The Labute approximate surface area is 223 Å². The molecule has 0 aliphatic heterocycles. The minimum absolute atomic E-state index is 0.258. The van der Waals surface area contributed by atoms with Crippen molar-refractivity contribution >= 4 is 5.91 Å². The van der Waals surface area contributed by atoms with E-state index >= 15 is 0 Å². The summed E-state index contributed by atoms with van der Waals surface area (Å²) in [7, 11) is 3.19. The lowest BCUT2D eigenvalue weighted by atomic mass is 10.1. The Morgan fingerprint density at radius 1 is 0.842 bits per heavy atom. The van der Waals surface area contributed by atoms with Gasteiger partial charge in [0, 0.05) is 19.6 Å². The minimum atomic E-state index is -0.271. The molecule has 0 saturated carbocycles. The van der Waals surface area contributed by atoms with Crippen LogP contribution in [0.2, 0.25) is 0 Å². The van der Waals surface area contributed by atoms with Crippen LogP contribution in [0.5, 0.6) is 11.5 Å². The van der Waals surface area contributed by atoms with E-state index in [9.17, 15) is 9.18 Å². The van der Waals surface area contributed by atoms with Crippen LogP contribution in [-0.2, 0) is 26.1 Å². The zero-order valence-corrected chi connectivity index (χ0v) is 22.0. The van der Waals surface area contributed by atoms with Gasteiger partial charge in [0.1, 0.15) is 11.6 Å². The highest BCUT2D eigenvalue weighted by Gasteiger charge is 2.15. The van der Waals surface area contributed by atoms with E-state index in [1.807, 2.05) is 30.3 Å². The number of carbonyl (C=O) groups is 1. The molecule has 198 valence electrons. The normalized spacial score (nSPS) is 11.0. The average Bonchev–Trinajstić information content (AvgIpc) is 3.38. The van der Waals surface area contributed by atoms with Crippen molar-refractivity contribution in [3.05, 3.63) is 118 Å². The van der Waals surface area contributed by atoms with Gasteiger partial charge in [0.2, 0.25) is 0 Å². The number of furan rings is 1. The van der Waals surface area contributed by atoms with Crippen LogP contribution in [0.3, 0.4) is 0 Å². The van der Waals surface area contributed by atoms with Crippen molar-refractivity contribution in [2.45, 2.75) is 33.0 Å². The Morgan fingerprint density at radius 3 is 2.32 bits per heavy atom. The fourth-order valence-electron chi connectivity index (χ4n) is 4.26. The molecule has 0 aliphatic carbocycles. The van der Waals surface area contributed by atoms with Gasteiger partial charge in [-0.25, -0.2) is 4.39 Å². The standard InChI is InChI=1S/C31H33FN2O4/c1-22-7-9-24(10-8-22)19-34(20-25-5-4-6-26(32)17-25)21-27-12-14-29(38-27)31(35)33-16-15-23-11-13-28(36-2)30(18-23)37-3/h4-14,17-18H,15-16,19-21H2,1-3H3,(H,33,35). The summed E-state index contributed by atoms with van der Waals surface area (Å²) in [4.78, 5) is 14.9. The molecule has 1 amide bonds. The first-order valence-electron chi connectivity index (χ1n) is 12.5. The van der Waals surface area contributed by atoms with Crippen LogP contribution in [0.25, 0.3) is 0 Å². The number of methoxy groups -OCH3 is 2. The molecule has 0 unspecified atom stereocenters. The molecule has 7 heteroatoms. The first-order chi connectivity index (χ1) is 18.4. The zero-order chi connectivity index (χ0) is 26.9. The van der Waals surface area contributed by atoms with Crippen LogP contribution in [0, 0.1) is 12.7 Å². The molecule has 1 aromatic heterocycles. The molecule has 3 aromatic carbocycles. The Balaban J connectivity index is 1.37. The summed E-state index contributed by atoms with van der Waals surface area (Å²) in [5.74, 6) is 1.71. The van der Waals surface area contributed by atoms with Crippen molar-refractivity contribution in [2.24, 2.45) is 0 Å². The van der Waals surface area contributed by atoms with E-state index in [0.717, 1.165) is 16.7 Å². The highest BCUT2D eigenvalue weighted by Crippen LogP contribution is 2.27. The third kappa shape index (κ3) is 7.46. The summed E-state index contributed by atoms with van der Waals surface area (Å²) in [5, 5.41) is 2.91. The summed E-state index contributed by atoms with van der Waals surface area (Å²) < 4.78 is 30.3. The SMILES string of the molecule is COc1ccc(CCNC(=O)c2ccc(CN(Cc3ccc(C)cc3)Cc3cccc(F)c3)o2)cc1OC. The van der Waals surface area contributed by atoms with Crippen molar-refractivity contribution in [3.63, 3.8) is 0 Å². The Bertz CT molecular complexity index is 1350. The van der Waals surface area contributed by atoms with Gasteiger partial charge in [-0.1, -0.05) is 48.0 Å². The number of nitrogens with one attached hydrogen (secondary N) is 1. The largest absolute Gasteiger partial charge is 0.493 e. The molecule has 0 saturated heterocycles. The van der Waals surface area contributed by atoms with Gasteiger partial charge in [-0.2, -0.15) is 0 Å². The number of ether oxygens (including phenoxy) is 2. The second-order valence-electron chi connectivity index (χ2n) is 9.22. The molecule has 1 N–H and O–H groups in total. The summed E-state index contributed by atoms with van der Waals surface area (Å²) in [6, 6.07) is 24.1. The van der Waals surface area contributed by atoms with Gasteiger partial charge < -0.3 is 19.2 Å². The summed E-state index contributed by atoms with van der Waals surface area (Å²) in [6.45, 7) is 4.17. The highest BCUT2D eigenvalue weighted by molar-refractivity contribution is 5.91. The molecule has 0 fully saturated rings. The van der Waals surface area contributed by atoms with Crippen LogP contribution >= 0.6 is 0 Å². The third-order valence-electron chi connectivity index (χ3n) is 6.23. The van der Waals surface area contributed by atoms with E-state index in [1.54, 1.807) is 32.4 Å². The molecule has 0 aliphatic rings. The lowest BCUT2D eigenvalue weighted by Gasteiger charge is -2.22. The number of benzene rings is 3. The number of hydrogen-bond acceptors (Lipinski definition) is 5. The lowest BCUT2D eigenvalue weighted by molar-refractivity contribution is 0.0922. The first kappa shape index (κ1) is 26.9. The van der Waals surface area contributed by atoms with Crippen LogP contribution in [-0.4, -0.2) is 31.6 Å². The molecule has 4 rings (SSSR count). The number of rotatable bonds is 12. The van der Waals surface area contributed by atoms with Gasteiger partial charge in [0.15, 0.2) is 17.3 Å². The van der Waals surface area contributed by atoms with Crippen LogP contribution < -0.4 is 14.8 Å². The Morgan fingerprint density at radius 2 is 1.58 bits per heavy atom. The van der Waals surface area contributed by atoms with E-state index in [1.165, 1.54) is 11.6 Å². The fourth-order valence-corrected chi connectivity index (χ4v) is 4.26. The maximum atomic E-state index is 13.8. The molecule has 1 heterocycles. The van der Waals surface area contributed by atoms with Gasteiger partial charge in [-0.05, 0) is 66.4 Å². The Kier molecular flexibility index (Phi) is 9.16. The van der Waals surface area contributed by atoms with Crippen molar-refractivity contribution in [1.82, 2.24) is 10.2 Å². The highest BCUT2D eigenvalue weighted by atomic mass is 19.1. The number of hydrogen-bond donors (Lipinski definition) is 1. The second kappa shape index (κ2) is 12.9. The van der Waals surface area contributed by atoms with E-state index in [0.29, 0.717) is 49.9 Å². The predicted octanol–water partition coefficient (Wildman–Crippen LogP) is 5.92. The van der Waals surface area contributed by atoms with Gasteiger partial charge in [-0.3, -0.25) is 9.69 Å². The maximum Gasteiger partial charge on any atom is 0.287 e. The smallest absolute Gasteiger partial charge is 0.287 e. The van der Waals surface area contributed by atoms with Crippen molar-refractivity contribution in [1.29, 1.82) is 0 Å². The lowest BCUT2D eigenvalue weighted by Crippen LogP contribution is -2.25. The molecule has 0 bridgehead atoms. The van der Waals surface area contributed by atoms with E-state index in [-0.39, 0.29) is 17.5 Å². The Hall–Kier alpha value is -4.10. The van der Waals surface area contributed by atoms with E-state index < -0.39 is 0 Å². The molecule has 38 heavy (non-hydrogen) atoms. The van der Waals surface area contributed by atoms with E-state index in [4.69, 9.17) is 13.9 Å². The second-order valence-corrected chi connectivity index (χ2v) is 9.22. The molecule has 0 radical (unpaired) electrons. The molecule has 0 atom stereocenters. The number of halogens is 1. The van der Waals surface area contributed by atoms with Crippen molar-refractivity contribution < 1.29 is 23.1 Å². The molecule has 4 aromatic rings. The number of amides is 1. The number of aryl methyl sites for hydroxylation is 1. The molecular formula is C31H33FN2O4. The number of carbonyl (C=O) groups excluding carboxylic acids is 1. The molecule has 0 spiro atoms. The van der Waals surface area contributed by atoms with Gasteiger partial charge in [0.05, 0.1) is 20.8 Å². The van der Waals surface area contributed by atoms with Crippen molar-refractivity contribution in [2.75, 3.05) is 20.8 Å². The predicted molar refractivity (Wildman–Crippen MR) is 145 cm³/mol. The van der Waals surface area contributed by atoms with Crippen LogP contribution in [0.1, 0.15) is 38.6 Å².